The Morgan fingerprint density at radius 1 is 1.69 bits per heavy atom. The van der Waals surface area contributed by atoms with Crippen LogP contribution in [0.15, 0.2) is 0 Å². The Labute approximate surface area is 75.9 Å². The van der Waals surface area contributed by atoms with Crippen LogP contribution >= 0.6 is 0 Å². The monoisotopic (exact) mass is 184 g/mol. The summed E-state index contributed by atoms with van der Waals surface area (Å²) in [6, 6.07) is 0. The number of esters is 1. The summed E-state index contributed by atoms with van der Waals surface area (Å²) in [5.74, 6) is -0.369. The van der Waals surface area contributed by atoms with Crippen molar-refractivity contribution in [3.05, 3.63) is 5.69 Å². The average molecular weight is 184 g/mol. The van der Waals surface area contributed by atoms with Gasteiger partial charge in [-0.05, 0) is 6.92 Å². The van der Waals surface area contributed by atoms with Crippen LogP contribution in [-0.2, 0) is 11.8 Å². The first-order chi connectivity index (χ1) is 6.06. The fraction of sp³-hybridized carbons (Fsp3) is 0.500. The van der Waals surface area contributed by atoms with E-state index in [0.717, 1.165) is 0 Å². The zero-order valence-corrected chi connectivity index (χ0v) is 7.87. The van der Waals surface area contributed by atoms with Crippen LogP contribution in [0.1, 0.15) is 19.0 Å². The largest absolute Gasteiger partial charge is 0.502 e. The van der Waals surface area contributed by atoms with Gasteiger partial charge in [0.15, 0.2) is 0 Å². The van der Waals surface area contributed by atoms with Gasteiger partial charge in [-0.2, -0.15) is 5.10 Å². The van der Waals surface area contributed by atoms with Crippen molar-refractivity contribution in [1.82, 2.24) is 9.78 Å². The Kier molecular flexibility index (Phi) is 2.55. The van der Waals surface area contributed by atoms with Crippen molar-refractivity contribution in [2.45, 2.75) is 20.3 Å². The van der Waals surface area contributed by atoms with Crippen molar-refractivity contribution in [1.29, 1.82) is 0 Å². The van der Waals surface area contributed by atoms with Crippen LogP contribution in [0, 0.1) is 6.92 Å². The Balaban J connectivity index is 2.94. The molecule has 0 spiro atoms. The molecule has 0 fully saturated rings. The van der Waals surface area contributed by atoms with Crippen LogP contribution in [0.3, 0.4) is 0 Å². The van der Waals surface area contributed by atoms with E-state index in [-0.39, 0.29) is 18.1 Å². The van der Waals surface area contributed by atoms with Crippen LogP contribution in [0.2, 0.25) is 0 Å². The Morgan fingerprint density at radius 3 is 2.69 bits per heavy atom. The number of carbonyl (C=O) groups excluding carboxylic acids is 1. The number of ether oxygens (including phenoxy) is 1. The van der Waals surface area contributed by atoms with Gasteiger partial charge in [0.25, 0.3) is 5.88 Å². The molecule has 5 nitrogen and oxygen atoms in total. The van der Waals surface area contributed by atoms with E-state index in [1.54, 1.807) is 20.9 Å². The Morgan fingerprint density at radius 2 is 2.31 bits per heavy atom. The lowest BCUT2D eigenvalue weighted by atomic mass is 10.4. The minimum absolute atomic E-state index is 0.0794. The molecule has 0 aromatic carbocycles. The zero-order chi connectivity index (χ0) is 10.0. The highest BCUT2D eigenvalue weighted by Gasteiger charge is 2.15. The topological polar surface area (TPSA) is 64.3 Å². The van der Waals surface area contributed by atoms with Crippen molar-refractivity contribution in [3.63, 3.8) is 0 Å². The molecule has 0 bridgehead atoms. The molecule has 0 atom stereocenters. The summed E-state index contributed by atoms with van der Waals surface area (Å²) in [6.07, 6.45) is 0.268. The highest BCUT2D eigenvalue weighted by Crippen LogP contribution is 2.28. The lowest BCUT2D eigenvalue weighted by molar-refractivity contribution is -0.134. The van der Waals surface area contributed by atoms with Gasteiger partial charge in [-0.15, -0.1) is 0 Å². The maximum atomic E-state index is 10.9. The molecular formula is C8H12N2O3. The van der Waals surface area contributed by atoms with Crippen LogP contribution in [0.4, 0.5) is 0 Å². The van der Waals surface area contributed by atoms with Gasteiger partial charge in [0, 0.05) is 13.5 Å². The van der Waals surface area contributed by atoms with Crippen molar-refractivity contribution in [3.8, 4) is 11.6 Å². The third kappa shape index (κ3) is 1.80. The molecule has 0 unspecified atom stereocenters. The summed E-state index contributed by atoms with van der Waals surface area (Å²) in [6.45, 7) is 3.32. The molecule has 1 aromatic heterocycles. The summed E-state index contributed by atoms with van der Waals surface area (Å²) >= 11 is 0. The van der Waals surface area contributed by atoms with Crippen molar-refractivity contribution in [2.75, 3.05) is 0 Å². The van der Waals surface area contributed by atoms with Gasteiger partial charge >= 0.3 is 5.97 Å². The van der Waals surface area contributed by atoms with Crippen LogP contribution in [-0.4, -0.2) is 20.9 Å². The van der Waals surface area contributed by atoms with Crippen LogP contribution < -0.4 is 4.74 Å². The number of aromatic hydroxyl groups is 1. The first kappa shape index (κ1) is 9.57. The van der Waals surface area contributed by atoms with Gasteiger partial charge in [0.1, 0.15) is 5.69 Å². The highest BCUT2D eigenvalue weighted by molar-refractivity contribution is 5.72. The standard InChI is InChI=1S/C8H12N2O3/c1-4-6(11)13-8-7(12)5(2)9-10(8)3/h12H,4H2,1-3H3. The molecular weight excluding hydrogens is 172 g/mol. The molecule has 0 aliphatic carbocycles. The number of rotatable bonds is 2. The fourth-order valence-electron chi connectivity index (χ4n) is 0.920. The predicted octanol–water partition coefficient (Wildman–Crippen LogP) is 0.750. The summed E-state index contributed by atoms with van der Waals surface area (Å²) in [4.78, 5) is 10.9. The number of hydrogen-bond donors (Lipinski definition) is 1. The molecule has 0 amide bonds. The lowest BCUT2D eigenvalue weighted by Crippen LogP contribution is -2.08. The number of carbonyl (C=O) groups is 1. The van der Waals surface area contributed by atoms with E-state index in [9.17, 15) is 9.90 Å². The smallest absolute Gasteiger partial charge is 0.312 e. The maximum absolute atomic E-state index is 10.9. The van der Waals surface area contributed by atoms with Gasteiger partial charge in [0.05, 0.1) is 0 Å². The third-order valence-corrected chi connectivity index (χ3v) is 1.64. The third-order valence-electron chi connectivity index (χ3n) is 1.64. The normalized spacial score (nSPS) is 10.1. The van der Waals surface area contributed by atoms with Gasteiger partial charge in [-0.1, -0.05) is 6.92 Å². The van der Waals surface area contributed by atoms with E-state index in [4.69, 9.17) is 4.74 Å². The second kappa shape index (κ2) is 3.47. The molecule has 5 heteroatoms. The quantitative estimate of drug-likeness (QED) is 0.689. The van der Waals surface area contributed by atoms with Crippen molar-refractivity contribution in [2.24, 2.45) is 7.05 Å². The van der Waals surface area contributed by atoms with Crippen molar-refractivity contribution < 1.29 is 14.6 Å². The number of aryl methyl sites for hydroxylation is 2. The minimum Gasteiger partial charge on any atom is -0.502 e. The molecule has 1 aromatic rings. The van der Waals surface area contributed by atoms with Crippen LogP contribution in [0.5, 0.6) is 11.6 Å². The van der Waals surface area contributed by atoms with Gasteiger partial charge in [0.2, 0.25) is 5.75 Å². The number of hydrogen-bond acceptors (Lipinski definition) is 4. The fourth-order valence-corrected chi connectivity index (χ4v) is 0.920. The SMILES string of the molecule is CCC(=O)Oc1c(O)c(C)nn1C. The predicted molar refractivity (Wildman–Crippen MR) is 45.5 cm³/mol. The summed E-state index contributed by atoms with van der Waals surface area (Å²) in [5, 5.41) is 13.3. The molecule has 1 rings (SSSR count). The molecule has 0 saturated heterocycles. The van der Waals surface area contributed by atoms with Crippen molar-refractivity contribution >= 4 is 5.97 Å². The molecule has 1 heterocycles. The molecule has 0 radical (unpaired) electrons. The second-order valence-electron chi connectivity index (χ2n) is 2.69. The first-order valence-corrected chi connectivity index (χ1v) is 3.99. The lowest BCUT2D eigenvalue weighted by Gasteiger charge is -2.01. The van der Waals surface area contributed by atoms with E-state index < -0.39 is 5.97 Å². The number of aromatic nitrogens is 2. The number of nitrogens with zero attached hydrogens (tertiary/aromatic N) is 2. The maximum Gasteiger partial charge on any atom is 0.312 e. The molecule has 0 aliphatic rings. The molecule has 0 aliphatic heterocycles. The highest BCUT2D eigenvalue weighted by atomic mass is 16.6. The second-order valence-corrected chi connectivity index (χ2v) is 2.69. The summed E-state index contributed by atoms with van der Waals surface area (Å²) in [5.41, 5.74) is 0.446. The molecule has 72 valence electrons. The van der Waals surface area contributed by atoms with E-state index in [2.05, 4.69) is 5.10 Å². The van der Waals surface area contributed by atoms with E-state index in [1.165, 1.54) is 4.68 Å². The van der Waals surface area contributed by atoms with Gasteiger partial charge in [-0.3, -0.25) is 4.79 Å². The minimum atomic E-state index is -0.390. The van der Waals surface area contributed by atoms with Gasteiger partial charge < -0.3 is 9.84 Å². The molecule has 0 saturated carbocycles. The van der Waals surface area contributed by atoms with E-state index in [0.29, 0.717) is 5.69 Å². The summed E-state index contributed by atoms with van der Waals surface area (Å²) < 4.78 is 6.19. The average Bonchev–Trinajstić information content (AvgIpc) is 2.32. The Hall–Kier alpha value is -1.52. The Bertz CT molecular complexity index is 330. The first-order valence-electron chi connectivity index (χ1n) is 3.99. The molecule has 1 N–H and O–H groups in total. The molecule has 13 heavy (non-hydrogen) atoms. The zero-order valence-electron chi connectivity index (χ0n) is 7.87. The summed E-state index contributed by atoms with van der Waals surface area (Å²) in [7, 11) is 1.60. The van der Waals surface area contributed by atoms with Crippen LogP contribution in [0.25, 0.3) is 0 Å². The van der Waals surface area contributed by atoms with E-state index in [1.807, 2.05) is 0 Å². The van der Waals surface area contributed by atoms with Gasteiger partial charge in [-0.25, -0.2) is 4.68 Å². The van der Waals surface area contributed by atoms with E-state index >= 15 is 0 Å².